The van der Waals surface area contributed by atoms with Crippen molar-refractivity contribution in [2.24, 2.45) is 0 Å². The van der Waals surface area contributed by atoms with Crippen molar-refractivity contribution in [3.63, 3.8) is 0 Å². The van der Waals surface area contributed by atoms with Crippen LogP contribution in [0, 0.1) is 5.82 Å². The van der Waals surface area contributed by atoms with Gasteiger partial charge in [-0.3, -0.25) is 10.00 Å². The van der Waals surface area contributed by atoms with E-state index in [4.69, 9.17) is 30.8 Å². The van der Waals surface area contributed by atoms with Gasteiger partial charge in [-0.1, -0.05) is 23.7 Å². The lowest BCUT2D eigenvalue weighted by Gasteiger charge is -2.33. The average molecular weight is 647 g/mol. The van der Waals surface area contributed by atoms with E-state index in [1.165, 1.54) is 6.07 Å². The molecule has 0 saturated carbocycles. The first kappa shape index (κ1) is 29.3. The summed E-state index contributed by atoms with van der Waals surface area (Å²) >= 11 is 5.99. The van der Waals surface area contributed by atoms with E-state index >= 15 is 0 Å². The lowest BCUT2D eigenvalue weighted by molar-refractivity contribution is -0.0712. The second-order valence-electron chi connectivity index (χ2n) is 12.4. The van der Waals surface area contributed by atoms with Gasteiger partial charge in [0.2, 0.25) is 0 Å². The highest BCUT2D eigenvalue weighted by molar-refractivity contribution is 6.30. The van der Waals surface area contributed by atoms with Gasteiger partial charge in [0, 0.05) is 29.7 Å². The van der Waals surface area contributed by atoms with E-state index in [0.717, 1.165) is 73.5 Å². The SMILES string of the molecule is CC1(c2ccc(Cl)cc2F)Oc2cccc(C3CCN(Cc4nc5cc(-c6n[nH]c(CF)n6)ccc5n4CC4CCO4)CC3)c2O1. The Balaban J connectivity index is 0.997. The number of benzene rings is 3. The van der Waals surface area contributed by atoms with Gasteiger partial charge in [0.25, 0.3) is 5.79 Å². The Labute approximate surface area is 269 Å². The van der Waals surface area contributed by atoms with Crippen molar-refractivity contribution in [3.8, 4) is 22.9 Å². The Hall–Kier alpha value is -4.06. The number of hydrogen-bond donors (Lipinski definition) is 1. The number of ether oxygens (including phenoxy) is 3. The minimum Gasteiger partial charge on any atom is -0.444 e. The van der Waals surface area contributed by atoms with Crippen LogP contribution in [-0.2, 0) is 30.3 Å². The summed E-state index contributed by atoms with van der Waals surface area (Å²) in [6.45, 7) is 5.05. The lowest BCUT2D eigenvalue weighted by atomic mass is 9.88. The highest BCUT2D eigenvalue weighted by atomic mass is 35.5. The Kier molecular flexibility index (Phi) is 7.42. The smallest absolute Gasteiger partial charge is 0.278 e. The Morgan fingerprint density at radius 2 is 1.89 bits per heavy atom. The van der Waals surface area contributed by atoms with Crippen LogP contribution in [0.2, 0.25) is 5.02 Å². The van der Waals surface area contributed by atoms with Crippen LogP contribution in [0.5, 0.6) is 11.5 Å². The molecule has 2 fully saturated rings. The maximum atomic E-state index is 14.9. The van der Waals surface area contributed by atoms with Gasteiger partial charge in [-0.05, 0) is 80.7 Å². The minimum absolute atomic E-state index is 0.177. The lowest BCUT2D eigenvalue weighted by Crippen LogP contribution is -2.35. The molecule has 3 aromatic carbocycles. The molecule has 46 heavy (non-hydrogen) atoms. The molecule has 1 N–H and O–H groups in total. The van der Waals surface area contributed by atoms with Gasteiger partial charge in [0.05, 0.1) is 35.8 Å². The van der Waals surface area contributed by atoms with E-state index in [-0.39, 0.29) is 17.8 Å². The molecular weight excluding hydrogens is 614 g/mol. The van der Waals surface area contributed by atoms with E-state index < -0.39 is 18.3 Å². The predicted molar refractivity (Wildman–Crippen MR) is 168 cm³/mol. The zero-order valence-corrected chi connectivity index (χ0v) is 26.1. The number of hydrogen-bond acceptors (Lipinski definition) is 7. The molecule has 238 valence electrons. The molecular formula is C34H33ClF2N6O3. The third-order valence-corrected chi connectivity index (χ3v) is 9.58. The molecule has 12 heteroatoms. The summed E-state index contributed by atoms with van der Waals surface area (Å²) in [5, 5.41) is 7.13. The molecule has 8 rings (SSSR count). The number of nitrogens with one attached hydrogen (secondary N) is 1. The van der Waals surface area contributed by atoms with Crippen molar-refractivity contribution >= 4 is 22.6 Å². The van der Waals surface area contributed by atoms with Gasteiger partial charge in [-0.25, -0.2) is 18.7 Å². The van der Waals surface area contributed by atoms with E-state index in [1.54, 1.807) is 19.1 Å². The molecule has 2 unspecified atom stereocenters. The number of halogens is 3. The van der Waals surface area contributed by atoms with Crippen molar-refractivity contribution < 1.29 is 23.0 Å². The number of likely N-dealkylation sites (tertiary alicyclic amines) is 1. The number of para-hydroxylation sites is 1. The van der Waals surface area contributed by atoms with E-state index in [9.17, 15) is 8.78 Å². The number of aromatic nitrogens is 5. The van der Waals surface area contributed by atoms with Gasteiger partial charge < -0.3 is 18.8 Å². The summed E-state index contributed by atoms with van der Waals surface area (Å²) in [4.78, 5) is 11.7. The summed E-state index contributed by atoms with van der Waals surface area (Å²) in [6, 6.07) is 16.4. The third kappa shape index (κ3) is 5.30. The van der Waals surface area contributed by atoms with Crippen molar-refractivity contribution in [1.82, 2.24) is 29.6 Å². The first-order valence-corrected chi connectivity index (χ1v) is 16.0. The summed E-state index contributed by atoms with van der Waals surface area (Å²) in [7, 11) is 0. The molecule has 0 aliphatic carbocycles. The molecule has 2 aromatic heterocycles. The Morgan fingerprint density at radius 1 is 1.04 bits per heavy atom. The quantitative estimate of drug-likeness (QED) is 0.196. The standard InChI is InChI=1S/C34H33ClF2N6O3/c1-34(25-7-6-22(35)16-26(25)37)45-29-4-2-3-24(32(29)46-34)20-9-12-42(13-10-20)19-31-38-27-15-21(33-39-30(17-36)40-41-33)5-8-28(27)43(31)18-23-11-14-44-23/h2-8,15-16,20,23H,9-14,17-19H2,1H3,(H,39,40,41). The maximum Gasteiger partial charge on any atom is 0.278 e. The molecule has 5 aromatic rings. The fraction of sp³-hybridized carbons (Fsp3) is 0.382. The summed E-state index contributed by atoms with van der Waals surface area (Å²) in [5.74, 6) is 1.47. The van der Waals surface area contributed by atoms with Crippen LogP contribution < -0.4 is 9.47 Å². The van der Waals surface area contributed by atoms with Gasteiger partial charge in [-0.2, -0.15) is 5.10 Å². The van der Waals surface area contributed by atoms with Crippen LogP contribution in [0.25, 0.3) is 22.4 Å². The molecule has 0 bridgehead atoms. The number of alkyl halides is 1. The van der Waals surface area contributed by atoms with Crippen LogP contribution in [0.4, 0.5) is 8.78 Å². The zero-order chi connectivity index (χ0) is 31.4. The molecule has 0 spiro atoms. The molecule has 2 saturated heterocycles. The number of imidazole rings is 1. The fourth-order valence-corrected chi connectivity index (χ4v) is 6.96. The number of H-pyrrole nitrogens is 1. The van der Waals surface area contributed by atoms with Crippen LogP contribution in [0.3, 0.4) is 0 Å². The number of rotatable bonds is 8. The van der Waals surface area contributed by atoms with Crippen LogP contribution in [-0.4, -0.2) is 55.4 Å². The second kappa shape index (κ2) is 11.6. The molecule has 3 aliphatic heterocycles. The van der Waals surface area contributed by atoms with E-state index in [2.05, 4.69) is 30.7 Å². The van der Waals surface area contributed by atoms with E-state index in [0.29, 0.717) is 34.5 Å². The maximum absolute atomic E-state index is 14.9. The largest absolute Gasteiger partial charge is 0.444 e. The monoisotopic (exact) mass is 646 g/mol. The van der Waals surface area contributed by atoms with Crippen molar-refractivity contribution in [1.29, 1.82) is 0 Å². The first-order chi connectivity index (χ1) is 22.4. The van der Waals surface area contributed by atoms with Gasteiger partial charge >= 0.3 is 0 Å². The molecule has 5 heterocycles. The topological polar surface area (TPSA) is 90.3 Å². The van der Waals surface area contributed by atoms with Crippen molar-refractivity contribution in [2.45, 2.75) is 63.8 Å². The van der Waals surface area contributed by atoms with Crippen molar-refractivity contribution in [2.75, 3.05) is 19.7 Å². The van der Waals surface area contributed by atoms with Crippen LogP contribution in [0.1, 0.15) is 54.9 Å². The zero-order valence-electron chi connectivity index (χ0n) is 25.3. The molecule has 2 atom stereocenters. The highest BCUT2D eigenvalue weighted by Crippen LogP contribution is 2.50. The normalized spacial score (nSPS) is 21.6. The molecule has 0 amide bonds. The first-order valence-electron chi connectivity index (χ1n) is 15.6. The molecule has 9 nitrogen and oxygen atoms in total. The number of fused-ring (bicyclic) bond motifs is 2. The van der Waals surface area contributed by atoms with E-state index in [1.807, 2.05) is 30.3 Å². The predicted octanol–water partition coefficient (Wildman–Crippen LogP) is 6.90. The summed E-state index contributed by atoms with van der Waals surface area (Å²) in [5.41, 5.74) is 4.06. The van der Waals surface area contributed by atoms with Crippen LogP contribution in [0.15, 0.2) is 54.6 Å². The third-order valence-electron chi connectivity index (χ3n) is 9.35. The fourth-order valence-electron chi connectivity index (χ4n) is 6.80. The number of piperidine rings is 1. The summed E-state index contributed by atoms with van der Waals surface area (Å²) in [6.07, 6.45) is 3.08. The highest BCUT2D eigenvalue weighted by Gasteiger charge is 2.43. The second-order valence-corrected chi connectivity index (χ2v) is 12.8. The number of aromatic amines is 1. The molecule has 3 aliphatic rings. The average Bonchev–Trinajstić information content (AvgIpc) is 3.74. The van der Waals surface area contributed by atoms with Gasteiger partial charge in [0.1, 0.15) is 18.3 Å². The number of nitrogens with zero attached hydrogens (tertiary/aromatic N) is 5. The van der Waals surface area contributed by atoms with Gasteiger partial charge in [0.15, 0.2) is 23.1 Å². The molecule has 0 radical (unpaired) electrons. The Morgan fingerprint density at radius 3 is 2.63 bits per heavy atom. The van der Waals surface area contributed by atoms with Gasteiger partial charge in [-0.15, -0.1) is 0 Å². The minimum atomic E-state index is -1.28. The van der Waals surface area contributed by atoms with Crippen molar-refractivity contribution in [3.05, 3.63) is 88.2 Å². The van der Waals surface area contributed by atoms with Crippen LogP contribution >= 0.6 is 11.6 Å². The summed E-state index contributed by atoms with van der Waals surface area (Å²) < 4.78 is 48.6. The Bertz CT molecular complexity index is 1920.